The van der Waals surface area contributed by atoms with E-state index >= 15 is 0 Å². The van der Waals surface area contributed by atoms with E-state index in [-0.39, 0.29) is 17.1 Å². The van der Waals surface area contributed by atoms with Gasteiger partial charge in [-0.15, -0.1) is 0 Å². The molecule has 0 aliphatic carbocycles. The molecule has 0 atom stereocenters. The van der Waals surface area contributed by atoms with Crippen LogP contribution in [0.3, 0.4) is 0 Å². The fourth-order valence-electron chi connectivity index (χ4n) is 1.44. The van der Waals surface area contributed by atoms with Gasteiger partial charge in [0.25, 0.3) is 0 Å². The maximum absolute atomic E-state index is 11.9. The lowest BCUT2D eigenvalue weighted by Gasteiger charge is -2.17. The van der Waals surface area contributed by atoms with Crippen molar-refractivity contribution in [2.75, 3.05) is 13.2 Å². The minimum atomic E-state index is -3.96. The lowest BCUT2D eigenvalue weighted by molar-refractivity contribution is 0.0441. The van der Waals surface area contributed by atoms with Crippen LogP contribution in [0.5, 0.6) is 0 Å². The number of carbonyl (C=O) groups excluding carboxylic acids is 1. The second kappa shape index (κ2) is 6.49. The van der Waals surface area contributed by atoms with E-state index in [2.05, 4.69) is 0 Å². The first-order chi connectivity index (χ1) is 9.11. The summed E-state index contributed by atoms with van der Waals surface area (Å²) in [5, 5.41) is 5.05. The zero-order valence-corrected chi connectivity index (χ0v) is 13.6. The highest BCUT2D eigenvalue weighted by atomic mass is 32.2. The summed E-state index contributed by atoms with van der Waals surface area (Å²) in [5.74, 6) is -0.728. The molecular formula is C12H19NO5SSi. The Hall–Kier alpha value is -1.22. The fourth-order valence-corrected chi connectivity index (χ4v) is 2.87. The highest BCUT2D eigenvalue weighted by molar-refractivity contribution is 7.89. The molecule has 0 heterocycles. The monoisotopic (exact) mass is 317 g/mol. The van der Waals surface area contributed by atoms with E-state index in [9.17, 15) is 13.2 Å². The van der Waals surface area contributed by atoms with Crippen molar-refractivity contribution in [2.24, 2.45) is 5.14 Å². The normalized spacial score (nSPS) is 12.2. The largest absolute Gasteiger partial charge is 0.460 e. The highest BCUT2D eigenvalue weighted by Crippen LogP contribution is 2.14. The summed E-state index contributed by atoms with van der Waals surface area (Å²) in [6.45, 7) is 6.42. The minimum absolute atomic E-state index is 0.0667. The Morgan fingerprint density at radius 2 is 1.80 bits per heavy atom. The molecule has 8 heteroatoms. The molecule has 0 unspecified atom stereocenters. The van der Waals surface area contributed by atoms with E-state index in [1.54, 1.807) is 6.07 Å². The third kappa shape index (κ3) is 5.41. The van der Waals surface area contributed by atoms with Gasteiger partial charge in [-0.1, -0.05) is 12.1 Å². The molecule has 2 N–H and O–H groups in total. The Balaban J connectivity index is 2.70. The molecule has 0 aliphatic rings. The molecule has 1 aromatic carbocycles. The molecule has 6 nitrogen and oxygen atoms in total. The van der Waals surface area contributed by atoms with Gasteiger partial charge in [-0.2, -0.15) is 0 Å². The van der Waals surface area contributed by atoms with Gasteiger partial charge >= 0.3 is 5.97 Å². The van der Waals surface area contributed by atoms with Gasteiger partial charge in [-0.05, 0) is 31.8 Å². The van der Waals surface area contributed by atoms with Crippen LogP contribution in [0.2, 0.25) is 19.6 Å². The van der Waals surface area contributed by atoms with E-state index in [1.807, 2.05) is 19.6 Å². The lowest BCUT2D eigenvalue weighted by atomic mass is 10.2. The summed E-state index contributed by atoms with van der Waals surface area (Å²) >= 11 is 0. The predicted molar refractivity (Wildman–Crippen MR) is 77.4 cm³/mol. The third-order valence-electron chi connectivity index (χ3n) is 2.27. The Kier molecular flexibility index (Phi) is 5.46. The van der Waals surface area contributed by atoms with Crippen LogP contribution in [-0.2, 0) is 19.2 Å². The molecule has 0 aromatic heterocycles. The van der Waals surface area contributed by atoms with Crippen LogP contribution in [0, 0.1) is 0 Å². The minimum Gasteiger partial charge on any atom is -0.460 e. The van der Waals surface area contributed by atoms with E-state index in [0.29, 0.717) is 6.61 Å². The van der Waals surface area contributed by atoms with Crippen LogP contribution in [-0.4, -0.2) is 35.9 Å². The van der Waals surface area contributed by atoms with E-state index < -0.39 is 24.3 Å². The number of esters is 1. The van der Waals surface area contributed by atoms with Gasteiger partial charge in [0.15, 0.2) is 8.32 Å². The molecule has 112 valence electrons. The first kappa shape index (κ1) is 16.8. The Morgan fingerprint density at radius 3 is 2.35 bits per heavy atom. The molecule has 20 heavy (non-hydrogen) atoms. The Bertz CT molecular complexity index is 580. The van der Waals surface area contributed by atoms with Crippen molar-refractivity contribution in [2.45, 2.75) is 24.5 Å². The average molecular weight is 317 g/mol. The van der Waals surface area contributed by atoms with Crippen LogP contribution in [0.25, 0.3) is 0 Å². The highest BCUT2D eigenvalue weighted by Gasteiger charge is 2.20. The van der Waals surface area contributed by atoms with Crippen molar-refractivity contribution in [1.29, 1.82) is 0 Å². The SMILES string of the molecule is C[Si](C)(C)OCCOC(=O)c1ccccc1S(N)(=O)=O. The number of ether oxygens (including phenoxy) is 1. The Morgan fingerprint density at radius 1 is 1.20 bits per heavy atom. The van der Waals surface area contributed by atoms with Gasteiger partial charge in [0.2, 0.25) is 10.0 Å². The first-order valence-electron chi connectivity index (χ1n) is 6.04. The lowest BCUT2D eigenvalue weighted by Crippen LogP contribution is -2.28. The van der Waals surface area contributed by atoms with Crippen molar-refractivity contribution >= 4 is 24.3 Å². The first-order valence-corrected chi connectivity index (χ1v) is 11.0. The topological polar surface area (TPSA) is 95.7 Å². The van der Waals surface area contributed by atoms with Crippen molar-refractivity contribution in [3.63, 3.8) is 0 Å². The number of rotatable bonds is 6. The molecule has 1 aromatic rings. The number of sulfonamides is 1. The molecule has 0 aliphatic heterocycles. The van der Waals surface area contributed by atoms with Crippen LogP contribution in [0.15, 0.2) is 29.2 Å². The summed E-state index contributed by atoms with van der Waals surface area (Å²) in [7, 11) is -5.61. The molecule has 0 radical (unpaired) electrons. The molecule has 0 bridgehead atoms. The third-order valence-corrected chi connectivity index (χ3v) is 4.30. The number of benzene rings is 1. The van der Waals surface area contributed by atoms with Crippen LogP contribution < -0.4 is 5.14 Å². The summed E-state index contributed by atoms with van der Waals surface area (Å²) in [6, 6.07) is 5.67. The van der Waals surface area contributed by atoms with Crippen molar-refractivity contribution in [3.8, 4) is 0 Å². The van der Waals surface area contributed by atoms with Gasteiger partial charge in [-0.3, -0.25) is 0 Å². The van der Waals surface area contributed by atoms with Gasteiger partial charge in [0.1, 0.15) is 6.61 Å². The van der Waals surface area contributed by atoms with Gasteiger partial charge in [-0.25, -0.2) is 18.4 Å². The predicted octanol–water partition coefficient (Wildman–Crippen LogP) is 1.34. The molecule has 0 spiro atoms. The maximum atomic E-state index is 11.9. The maximum Gasteiger partial charge on any atom is 0.339 e. The fraction of sp³-hybridized carbons (Fsp3) is 0.417. The number of hydrogen-bond acceptors (Lipinski definition) is 5. The molecular weight excluding hydrogens is 298 g/mol. The van der Waals surface area contributed by atoms with Crippen molar-refractivity contribution < 1.29 is 22.4 Å². The van der Waals surface area contributed by atoms with Crippen LogP contribution >= 0.6 is 0 Å². The summed E-state index contributed by atoms with van der Waals surface area (Å²) in [5.41, 5.74) is -0.0667. The average Bonchev–Trinajstić information content (AvgIpc) is 2.32. The van der Waals surface area contributed by atoms with Crippen molar-refractivity contribution in [3.05, 3.63) is 29.8 Å². The van der Waals surface area contributed by atoms with Gasteiger partial charge < -0.3 is 9.16 Å². The van der Waals surface area contributed by atoms with Gasteiger partial charge in [0.05, 0.1) is 17.1 Å². The second-order valence-electron chi connectivity index (χ2n) is 5.14. The number of nitrogens with two attached hydrogens (primary N) is 1. The molecule has 0 saturated carbocycles. The zero-order valence-electron chi connectivity index (χ0n) is 11.8. The molecule has 0 saturated heterocycles. The Labute approximate surface area is 120 Å². The van der Waals surface area contributed by atoms with Crippen LogP contribution in [0.1, 0.15) is 10.4 Å². The summed E-state index contributed by atoms with van der Waals surface area (Å²) in [4.78, 5) is 11.6. The van der Waals surface area contributed by atoms with Gasteiger partial charge in [0, 0.05) is 0 Å². The smallest absolute Gasteiger partial charge is 0.339 e. The van der Waals surface area contributed by atoms with E-state index in [4.69, 9.17) is 14.3 Å². The standard InChI is InChI=1S/C12H19NO5SSi/c1-20(2,3)18-9-8-17-12(14)10-6-4-5-7-11(10)19(13,15)16/h4-7H,8-9H2,1-3H3,(H2,13,15,16). The molecule has 1 rings (SSSR count). The number of primary sulfonamides is 1. The number of hydrogen-bond donors (Lipinski definition) is 1. The van der Waals surface area contributed by atoms with Crippen molar-refractivity contribution in [1.82, 2.24) is 0 Å². The zero-order chi connectivity index (χ0) is 15.4. The van der Waals surface area contributed by atoms with E-state index in [0.717, 1.165) is 0 Å². The van der Waals surface area contributed by atoms with Crippen LogP contribution in [0.4, 0.5) is 0 Å². The molecule has 0 fully saturated rings. The van der Waals surface area contributed by atoms with E-state index in [1.165, 1.54) is 18.2 Å². The number of carbonyl (C=O) groups is 1. The summed E-state index contributed by atoms with van der Waals surface area (Å²) < 4.78 is 33.3. The molecule has 0 amide bonds. The second-order valence-corrected chi connectivity index (χ2v) is 11.2. The summed E-state index contributed by atoms with van der Waals surface area (Å²) in [6.07, 6.45) is 0. The quantitative estimate of drug-likeness (QED) is 0.485.